The molecule has 0 fully saturated rings. The van der Waals surface area contributed by atoms with Crippen LogP contribution in [0.3, 0.4) is 0 Å². The monoisotopic (exact) mass is 330 g/mol. The summed E-state index contributed by atoms with van der Waals surface area (Å²) >= 11 is 0. The predicted octanol–water partition coefficient (Wildman–Crippen LogP) is 1.58. The maximum absolute atomic E-state index is 11.0. The fourth-order valence-electron chi connectivity index (χ4n) is 2.21. The zero-order valence-electron chi connectivity index (χ0n) is 12.0. The molecular weight excluding hydrogens is 316 g/mol. The number of nitrogens with zero attached hydrogens (tertiary/aromatic N) is 3. The Kier molecular flexibility index (Phi) is 4.09. The zero-order chi connectivity index (χ0) is 16.3. The molecule has 0 unspecified atom stereocenters. The maximum atomic E-state index is 11.0. The lowest BCUT2D eigenvalue weighted by atomic mass is 10.0. The molecule has 0 bridgehead atoms. The predicted molar refractivity (Wildman–Crippen MR) is 84.7 cm³/mol. The van der Waals surface area contributed by atoms with E-state index in [4.69, 9.17) is 9.32 Å². The quantitative estimate of drug-likeness (QED) is 0.765. The van der Waals surface area contributed by atoms with Crippen LogP contribution in [0.4, 0.5) is 0 Å². The van der Waals surface area contributed by atoms with Gasteiger partial charge in [-0.1, -0.05) is 30.3 Å². The van der Waals surface area contributed by atoms with Gasteiger partial charge in [0.05, 0.1) is 6.54 Å². The number of nitrogens with two attached hydrogens (primary N) is 1. The van der Waals surface area contributed by atoms with Gasteiger partial charge in [0.25, 0.3) is 0 Å². The van der Waals surface area contributed by atoms with Crippen molar-refractivity contribution in [1.29, 1.82) is 0 Å². The Morgan fingerprint density at radius 1 is 1.09 bits per heavy atom. The van der Waals surface area contributed by atoms with Gasteiger partial charge in [0.15, 0.2) is 0 Å². The Balaban J connectivity index is 1.88. The van der Waals surface area contributed by atoms with Crippen LogP contribution >= 0.6 is 0 Å². The largest absolute Gasteiger partial charge is 0.380 e. The molecule has 8 heteroatoms. The van der Waals surface area contributed by atoms with E-state index in [-0.39, 0.29) is 5.75 Å². The first-order valence-electron chi connectivity index (χ1n) is 6.74. The van der Waals surface area contributed by atoms with Gasteiger partial charge in [-0.25, -0.2) is 9.67 Å². The van der Waals surface area contributed by atoms with Crippen molar-refractivity contribution in [1.82, 2.24) is 14.8 Å². The summed E-state index contributed by atoms with van der Waals surface area (Å²) in [7, 11) is -4.04. The van der Waals surface area contributed by atoms with E-state index in [9.17, 15) is 8.42 Å². The number of benzene rings is 2. The molecule has 0 saturated heterocycles. The average Bonchev–Trinajstić information content (AvgIpc) is 2.99. The van der Waals surface area contributed by atoms with E-state index in [2.05, 4.69) is 10.1 Å². The third-order valence-corrected chi connectivity index (χ3v) is 3.54. The van der Waals surface area contributed by atoms with Crippen LogP contribution in [-0.4, -0.2) is 23.2 Å². The van der Waals surface area contributed by atoms with E-state index >= 15 is 0 Å². The molecule has 3 rings (SSSR count). The van der Waals surface area contributed by atoms with E-state index < -0.39 is 10.3 Å². The molecule has 0 spiro atoms. The second-order valence-corrected chi connectivity index (χ2v) is 6.05. The van der Waals surface area contributed by atoms with Crippen molar-refractivity contribution in [3.63, 3.8) is 0 Å². The summed E-state index contributed by atoms with van der Waals surface area (Å²) in [5.74, 6) is 0.173. The van der Waals surface area contributed by atoms with Crippen molar-refractivity contribution >= 4 is 10.3 Å². The molecule has 3 aromatic rings. The van der Waals surface area contributed by atoms with Gasteiger partial charge in [-0.3, -0.25) is 0 Å². The van der Waals surface area contributed by atoms with Gasteiger partial charge >= 0.3 is 10.3 Å². The summed E-state index contributed by atoms with van der Waals surface area (Å²) in [6, 6.07) is 14.6. The zero-order valence-corrected chi connectivity index (χ0v) is 12.8. The SMILES string of the molecule is NS(=O)(=O)Oc1cccc(-c2cccc(Cn3cncn3)c2)c1. The number of aromatic nitrogens is 3. The van der Waals surface area contributed by atoms with Gasteiger partial charge in [-0.05, 0) is 34.9 Å². The lowest BCUT2D eigenvalue weighted by Gasteiger charge is -2.08. The highest BCUT2D eigenvalue weighted by Crippen LogP contribution is 2.25. The normalized spacial score (nSPS) is 11.3. The molecule has 2 N–H and O–H groups in total. The third kappa shape index (κ3) is 4.15. The van der Waals surface area contributed by atoms with Crippen molar-refractivity contribution < 1.29 is 12.6 Å². The van der Waals surface area contributed by atoms with Crippen LogP contribution in [0.5, 0.6) is 5.75 Å². The van der Waals surface area contributed by atoms with Gasteiger partial charge in [-0.2, -0.15) is 18.7 Å². The third-order valence-electron chi connectivity index (χ3n) is 3.12. The Bertz CT molecular complexity index is 908. The molecule has 0 aliphatic heterocycles. The molecule has 0 atom stereocenters. The van der Waals surface area contributed by atoms with Crippen molar-refractivity contribution in [3.8, 4) is 16.9 Å². The molecule has 118 valence electrons. The van der Waals surface area contributed by atoms with Crippen LogP contribution in [0.25, 0.3) is 11.1 Å². The lowest BCUT2D eigenvalue weighted by molar-refractivity contribution is 0.488. The summed E-state index contributed by atoms with van der Waals surface area (Å²) in [6.07, 6.45) is 3.13. The second kappa shape index (κ2) is 6.19. The van der Waals surface area contributed by atoms with E-state index in [0.29, 0.717) is 6.54 Å². The molecule has 0 radical (unpaired) electrons. The first-order chi connectivity index (χ1) is 11.0. The standard InChI is InChI=1S/C15H14N4O3S/c16-23(20,21)22-15-6-2-5-14(8-15)13-4-1-3-12(7-13)9-19-11-17-10-18-19/h1-8,10-11H,9H2,(H2,16,20,21). The minimum atomic E-state index is -4.04. The fourth-order valence-corrected chi connectivity index (χ4v) is 2.58. The Morgan fingerprint density at radius 2 is 1.83 bits per heavy atom. The molecule has 1 heterocycles. The molecule has 1 aromatic heterocycles. The summed E-state index contributed by atoms with van der Waals surface area (Å²) in [5.41, 5.74) is 2.81. The molecule has 7 nitrogen and oxygen atoms in total. The van der Waals surface area contributed by atoms with Gasteiger partial charge in [-0.15, -0.1) is 0 Å². The lowest BCUT2D eigenvalue weighted by Crippen LogP contribution is -2.18. The molecule has 2 aromatic carbocycles. The van der Waals surface area contributed by atoms with Gasteiger partial charge in [0.2, 0.25) is 0 Å². The Hall–Kier alpha value is -2.71. The molecule has 0 aliphatic rings. The molecule has 0 aliphatic carbocycles. The fraction of sp³-hybridized carbons (Fsp3) is 0.0667. The van der Waals surface area contributed by atoms with Crippen LogP contribution < -0.4 is 9.32 Å². The van der Waals surface area contributed by atoms with Gasteiger partial charge in [0.1, 0.15) is 18.4 Å². The number of rotatable bonds is 5. The van der Waals surface area contributed by atoms with Crippen molar-refractivity contribution in [2.24, 2.45) is 5.14 Å². The number of hydrogen-bond donors (Lipinski definition) is 1. The summed E-state index contributed by atoms with van der Waals surface area (Å²) in [4.78, 5) is 3.91. The van der Waals surface area contributed by atoms with Gasteiger partial charge in [0, 0.05) is 0 Å². The van der Waals surface area contributed by atoms with E-state index in [1.54, 1.807) is 23.1 Å². The van der Waals surface area contributed by atoms with Crippen LogP contribution in [0.1, 0.15) is 5.56 Å². The highest BCUT2D eigenvalue weighted by atomic mass is 32.2. The molecule has 23 heavy (non-hydrogen) atoms. The molecular formula is C15H14N4O3S. The first kappa shape index (κ1) is 15.2. The minimum Gasteiger partial charge on any atom is -0.371 e. The second-order valence-electron chi connectivity index (χ2n) is 4.90. The number of hydrogen-bond acceptors (Lipinski definition) is 5. The van der Waals surface area contributed by atoms with Crippen LogP contribution in [0, 0.1) is 0 Å². The smallest absolute Gasteiger partial charge is 0.371 e. The first-order valence-corrected chi connectivity index (χ1v) is 8.21. The van der Waals surface area contributed by atoms with Crippen LogP contribution in [0.15, 0.2) is 61.2 Å². The molecule has 0 amide bonds. The highest BCUT2D eigenvalue weighted by Gasteiger charge is 2.07. The Morgan fingerprint density at radius 3 is 2.52 bits per heavy atom. The average molecular weight is 330 g/mol. The topological polar surface area (TPSA) is 100 Å². The van der Waals surface area contributed by atoms with Crippen LogP contribution in [0.2, 0.25) is 0 Å². The summed E-state index contributed by atoms with van der Waals surface area (Å²) < 4.78 is 28.5. The maximum Gasteiger partial charge on any atom is 0.380 e. The van der Waals surface area contributed by atoms with Crippen molar-refractivity contribution in [2.75, 3.05) is 0 Å². The summed E-state index contributed by atoms with van der Waals surface area (Å²) in [5, 5.41) is 8.96. The van der Waals surface area contributed by atoms with Gasteiger partial charge < -0.3 is 4.18 Å². The summed E-state index contributed by atoms with van der Waals surface area (Å²) in [6.45, 7) is 0.598. The van der Waals surface area contributed by atoms with E-state index in [1.807, 2.05) is 30.3 Å². The molecule has 0 saturated carbocycles. The van der Waals surface area contributed by atoms with Crippen LogP contribution in [-0.2, 0) is 16.8 Å². The van der Waals surface area contributed by atoms with Crippen molar-refractivity contribution in [3.05, 3.63) is 66.7 Å². The van der Waals surface area contributed by atoms with E-state index in [1.165, 1.54) is 12.4 Å². The van der Waals surface area contributed by atoms with Crippen molar-refractivity contribution in [2.45, 2.75) is 6.54 Å². The highest BCUT2D eigenvalue weighted by molar-refractivity contribution is 7.84. The van der Waals surface area contributed by atoms with E-state index in [0.717, 1.165) is 16.7 Å². The minimum absolute atomic E-state index is 0.173. The Labute approximate surface area is 133 Å².